The molecule has 64 heteroatoms. The van der Waals surface area contributed by atoms with Crippen LogP contribution in [0, 0.1) is 0 Å². The van der Waals surface area contributed by atoms with Crippen LogP contribution < -0.4 is 306 Å². The van der Waals surface area contributed by atoms with E-state index in [0.717, 1.165) is 0 Å². The van der Waals surface area contributed by atoms with Crippen molar-refractivity contribution in [2.45, 2.75) is 55.3 Å². The van der Waals surface area contributed by atoms with Crippen molar-refractivity contribution in [2.24, 2.45) is 0 Å². The third kappa shape index (κ3) is 60.3. The van der Waals surface area contributed by atoms with Crippen molar-refractivity contribution in [2.75, 3.05) is 26.3 Å². The van der Waals surface area contributed by atoms with E-state index in [-0.39, 0.29) is 296 Å². The first-order valence-electron chi connectivity index (χ1n) is 15.1. The maximum absolute atomic E-state index is 13.1. The molecule has 0 aliphatic rings. The van der Waals surface area contributed by atoms with E-state index in [1.807, 2.05) is 0 Å². The van der Waals surface area contributed by atoms with Crippen LogP contribution in [0.1, 0.15) is 6.42 Å². The van der Waals surface area contributed by atoms with Gasteiger partial charge in [-0.2, -0.15) is 0 Å². The van der Waals surface area contributed by atoms with Crippen molar-refractivity contribution in [3.63, 3.8) is 0 Å². The van der Waals surface area contributed by atoms with Crippen LogP contribution in [-0.4, -0.2) is 217 Å². The fourth-order valence-corrected chi connectivity index (χ4v) is 8.59. The molecule has 0 unspecified atom stereocenters. The fourth-order valence-electron chi connectivity index (χ4n) is 4.18. The number of hydrogen-bond donors (Lipinski definition) is 2. The standard InChI is InChI=1S/C15H30N2O42S10.10Na/c18-14(12(58-68(44,45)46)10(56-66(38,39)40)8(54-64(32,33)34)6(52-62(26,27)28)4-50-60(20,21)22)16-2-1-3-17-15(19)13(59-69(47,48)49)11(57-67(41,42)43)9(55-65(35,36)37)7(53-63(29,30)31)5-51-61(23,24)25;;;;;;;;;;/h6-13H,1-5H2,(H,16,18)(H,17,19)(H,20,21,22)(H,23,24,25)(H,26,27,28)(H,29,30,31)(H,32,33,34)(H,35,36,37)(H,38,39,40)(H,41,42,43)(H,44,45,46)(H,47,48,49);;;;;;;;;;/q;10*+1/p-10/t6-,7-,8+,9+,10-,11-,12-,13-;;;;;;;;;;/m1........../s1. The Morgan fingerprint density at radius 1 is 0.291 bits per heavy atom. The molecule has 0 heterocycles. The number of hydrogen-bond acceptors (Lipinski definition) is 42. The quantitative estimate of drug-likeness (QED) is 0.0261. The summed E-state index contributed by atoms with van der Waals surface area (Å²) in [5.41, 5.74) is 0. The van der Waals surface area contributed by atoms with Crippen molar-refractivity contribution in [1.29, 1.82) is 0 Å². The molecular weight excluding hydrogens is 1430 g/mol. The van der Waals surface area contributed by atoms with Gasteiger partial charge >= 0.3 is 296 Å². The van der Waals surface area contributed by atoms with E-state index in [0.29, 0.717) is 0 Å². The molecule has 0 aromatic carbocycles. The van der Waals surface area contributed by atoms with E-state index >= 15 is 0 Å². The molecule has 2 amide bonds. The average Bonchev–Trinajstić information content (AvgIpc) is 3.05. The van der Waals surface area contributed by atoms with E-state index in [4.69, 9.17) is 0 Å². The second kappa shape index (κ2) is 46.7. The van der Waals surface area contributed by atoms with E-state index < -0.39 is 197 Å². The minimum Gasteiger partial charge on any atom is -0.726 e. The molecule has 2 N–H and O–H groups in total. The van der Waals surface area contributed by atoms with Crippen molar-refractivity contribution in [3.05, 3.63) is 0 Å². The Morgan fingerprint density at radius 3 is 0.658 bits per heavy atom. The topological polar surface area (TPSA) is 723 Å². The summed E-state index contributed by atoms with van der Waals surface area (Å²) in [5, 5.41) is 2.65. The Hall–Kier alpha value is 7.64. The third-order valence-corrected chi connectivity index (χ3v) is 10.6. The third-order valence-electron chi connectivity index (χ3n) is 6.04. The number of rotatable bonds is 34. The Morgan fingerprint density at radius 2 is 0.481 bits per heavy atom. The van der Waals surface area contributed by atoms with Crippen molar-refractivity contribution < 1.29 is 477 Å². The Kier molecular flexibility index (Phi) is 65.6. The summed E-state index contributed by atoms with van der Waals surface area (Å²) < 4.78 is 377. The molecule has 0 saturated heterocycles. The molecule has 0 spiro atoms. The Bertz CT molecular complexity index is 2790. The molecule has 0 bridgehead atoms. The van der Waals surface area contributed by atoms with Gasteiger partial charge in [-0.3, -0.25) is 51.4 Å². The number of carbonyl (C=O) groups is 2. The molecule has 0 aliphatic carbocycles. The second-order valence-electron chi connectivity index (χ2n) is 11.1. The minimum absolute atomic E-state index is 0. The molecule has 0 aromatic heterocycles. The normalized spacial score (nSPS) is 15.4. The van der Waals surface area contributed by atoms with Gasteiger partial charge in [0.15, 0.2) is 12.2 Å². The van der Waals surface area contributed by atoms with Crippen LogP contribution in [0.2, 0.25) is 0 Å². The van der Waals surface area contributed by atoms with Gasteiger partial charge in [-0.15, -0.1) is 0 Å². The predicted molar refractivity (Wildman–Crippen MR) is 178 cm³/mol. The first-order chi connectivity index (χ1) is 30.3. The molecule has 0 fully saturated rings. The van der Waals surface area contributed by atoms with Crippen molar-refractivity contribution in [1.82, 2.24) is 10.6 Å². The molecule has 44 nitrogen and oxygen atoms in total. The molecule has 0 aliphatic heterocycles. The molecule has 0 radical (unpaired) electrons. The van der Waals surface area contributed by atoms with E-state index in [1.165, 1.54) is 10.6 Å². The summed E-state index contributed by atoms with van der Waals surface area (Å²) in [4.78, 5) is 26.1. The maximum atomic E-state index is 13.1. The van der Waals surface area contributed by atoms with Crippen LogP contribution in [0.4, 0.5) is 0 Å². The summed E-state index contributed by atoms with van der Waals surface area (Å²) in [6, 6.07) is 0. The molecular formula is C15H20N2Na10O42S10. The van der Waals surface area contributed by atoms with E-state index in [1.54, 1.807) is 0 Å². The largest absolute Gasteiger partial charge is 1.00 e. The Balaban J connectivity index is -0.000000514. The molecule has 0 aromatic rings. The van der Waals surface area contributed by atoms with Gasteiger partial charge in [0.05, 0.1) is 13.2 Å². The monoisotopic (exact) mass is 1450 g/mol. The smallest absolute Gasteiger partial charge is 0.726 e. The molecule has 0 saturated carbocycles. The molecule has 412 valence electrons. The minimum atomic E-state index is -6.74. The van der Waals surface area contributed by atoms with Crippen LogP contribution in [0.25, 0.3) is 0 Å². The summed E-state index contributed by atoms with van der Waals surface area (Å²) in [6.07, 6.45) is -32.4. The van der Waals surface area contributed by atoms with Gasteiger partial charge < -0.3 is 56.2 Å². The van der Waals surface area contributed by atoms with Crippen LogP contribution >= 0.6 is 0 Å². The second-order valence-corrected chi connectivity index (χ2v) is 21.3. The first kappa shape index (κ1) is 111. The zero-order valence-corrected chi connectivity index (χ0v) is 69.5. The van der Waals surface area contributed by atoms with Crippen LogP contribution in [0.15, 0.2) is 0 Å². The van der Waals surface area contributed by atoms with Gasteiger partial charge in [-0.1, -0.05) is 0 Å². The maximum Gasteiger partial charge on any atom is 1.00 e. The number of carbonyl (C=O) groups excluding carboxylic acids is 2. The van der Waals surface area contributed by atoms with Crippen molar-refractivity contribution >= 4 is 116 Å². The van der Waals surface area contributed by atoms with Crippen LogP contribution in [-0.2, 0) is 155 Å². The Labute approximate surface area is 671 Å². The fraction of sp³-hybridized carbons (Fsp3) is 0.867. The van der Waals surface area contributed by atoms with E-state index in [2.05, 4.69) is 41.8 Å². The van der Waals surface area contributed by atoms with Gasteiger partial charge in [-0.25, -0.2) is 84.2 Å². The van der Waals surface area contributed by atoms with Gasteiger partial charge in [-0.05, 0) is 6.42 Å². The molecule has 8 atom stereocenters. The first-order valence-corrected chi connectivity index (χ1v) is 28.5. The zero-order valence-electron chi connectivity index (χ0n) is 41.4. The van der Waals surface area contributed by atoms with Crippen LogP contribution in [0.5, 0.6) is 0 Å². The van der Waals surface area contributed by atoms with Gasteiger partial charge in [0.1, 0.15) is 36.6 Å². The van der Waals surface area contributed by atoms with Crippen LogP contribution in [0.3, 0.4) is 0 Å². The summed E-state index contributed by atoms with van der Waals surface area (Å²) in [6.45, 7) is -7.72. The van der Waals surface area contributed by atoms with Gasteiger partial charge in [0.25, 0.3) is 11.8 Å². The molecule has 79 heavy (non-hydrogen) atoms. The number of nitrogens with one attached hydrogen (secondary N) is 2. The zero-order chi connectivity index (χ0) is 54.8. The average molecular weight is 1450 g/mol. The predicted octanol–water partition coefficient (Wildman–Crippen LogP) is -42.6. The van der Waals surface area contributed by atoms with Crippen molar-refractivity contribution in [3.8, 4) is 0 Å². The summed E-state index contributed by atoms with van der Waals surface area (Å²) >= 11 is 0. The van der Waals surface area contributed by atoms with Gasteiger partial charge in [0, 0.05) is 13.1 Å². The van der Waals surface area contributed by atoms with Gasteiger partial charge in [0.2, 0.25) is 104 Å². The number of amides is 2. The SMILES string of the molecule is O=C(NCCCNC(=O)[C@H](OS(=O)(=O)[O-])[C@H](OS(=O)(=O)[O-])[C@@H](OS(=O)(=O)[O-])[C@@H](COS(=O)(=O)[O-])OS(=O)(=O)[O-])[C@H](OS(=O)(=O)[O-])[C@H](OS(=O)(=O)[O-])[C@@H](OS(=O)(=O)[O-])[C@@H](COS(=O)(=O)[O-])OS(=O)(=O)[O-].[Na+].[Na+].[Na+].[Na+].[Na+].[Na+].[Na+].[Na+].[Na+].[Na+]. The summed E-state index contributed by atoms with van der Waals surface area (Å²) in [5.74, 6) is -5.05. The summed E-state index contributed by atoms with van der Waals surface area (Å²) in [7, 11) is -65.6. The van der Waals surface area contributed by atoms with E-state index in [9.17, 15) is 139 Å². The molecule has 0 rings (SSSR count).